The molecule has 2 aromatic heterocycles. The van der Waals surface area contributed by atoms with E-state index in [2.05, 4.69) is 26.2 Å². The molecule has 2 heterocycles. The van der Waals surface area contributed by atoms with Crippen LogP contribution in [0.1, 0.15) is 12.8 Å². The van der Waals surface area contributed by atoms with Gasteiger partial charge in [0.15, 0.2) is 0 Å². The topological polar surface area (TPSA) is 55.6 Å². The summed E-state index contributed by atoms with van der Waals surface area (Å²) in [7, 11) is 0. The molecule has 4 aromatic rings. The zero-order valence-electron chi connectivity index (χ0n) is 15.7. The first kappa shape index (κ1) is 19.2. The fourth-order valence-electron chi connectivity index (χ4n) is 2.99. The zero-order chi connectivity index (χ0) is 20.1. The first-order valence-corrected chi connectivity index (χ1v) is 10.2. The largest absolute Gasteiger partial charge is 0.494 e. The van der Waals surface area contributed by atoms with Crippen LogP contribution >= 0.6 is 15.9 Å². The summed E-state index contributed by atoms with van der Waals surface area (Å²) in [5.74, 6) is 0.786. The van der Waals surface area contributed by atoms with Gasteiger partial charge in [0.2, 0.25) is 5.91 Å². The number of fused-ring (bicyclic) bond motifs is 1. The summed E-state index contributed by atoms with van der Waals surface area (Å²) in [5, 5.41) is 2.94. The maximum Gasteiger partial charge on any atom is 0.224 e. The van der Waals surface area contributed by atoms with Crippen LogP contribution in [-0.4, -0.2) is 21.9 Å². The molecule has 4 rings (SSSR count). The van der Waals surface area contributed by atoms with Crippen molar-refractivity contribution in [1.29, 1.82) is 0 Å². The quantitative estimate of drug-likeness (QED) is 0.375. The highest BCUT2D eigenvalue weighted by Gasteiger charge is 2.07. The number of anilines is 1. The number of benzene rings is 2. The number of rotatable bonds is 7. The Morgan fingerprint density at radius 1 is 1.00 bits per heavy atom. The predicted octanol–water partition coefficient (Wildman–Crippen LogP) is 5.56. The van der Waals surface area contributed by atoms with E-state index in [1.54, 1.807) is 0 Å². The van der Waals surface area contributed by atoms with Gasteiger partial charge >= 0.3 is 0 Å². The van der Waals surface area contributed by atoms with E-state index in [1.807, 2.05) is 83.5 Å². The van der Waals surface area contributed by atoms with Gasteiger partial charge in [0.05, 0.1) is 18.0 Å². The Morgan fingerprint density at radius 2 is 1.79 bits per heavy atom. The van der Waals surface area contributed by atoms with Crippen molar-refractivity contribution >= 4 is 33.2 Å². The van der Waals surface area contributed by atoms with Crippen LogP contribution in [0.4, 0.5) is 5.69 Å². The van der Waals surface area contributed by atoms with Crippen molar-refractivity contribution in [3.05, 3.63) is 83.6 Å². The van der Waals surface area contributed by atoms with Crippen molar-refractivity contribution < 1.29 is 9.53 Å². The molecule has 29 heavy (non-hydrogen) atoms. The third-order valence-corrected chi connectivity index (χ3v) is 4.96. The van der Waals surface area contributed by atoms with Crippen molar-refractivity contribution in [3.8, 4) is 17.0 Å². The van der Waals surface area contributed by atoms with E-state index in [9.17, 15) is 4.79 Å². The normalized spacial score (nSPS) is 10.8. The summed E-state index contributed by atoms with van der Waals surface area (Å²) >= 11 is 3.45. The third-order valence-electron chi connectivity index (χ3n) is 4.43. The molecule has 1 N–H and O–H groups in total. The van der Waals surface area contributed by atoms with E-state index >= 15 is 0 Å². The summed E-state index contributed by atoms with van der Waals surface area (Å²) in [4.78, 5) is 16.9. The molecule has 0 aliphatic rings. The van der Waals surface area contributed by atoms with E-state index in [0.29, 0.717) is 19.4 Å². The summed E-state index contributed by atoms with van der Waals surface area (Å²) in [6, 6.07) is 21.4. The van der Waals surface area contributed by atoms with Crippen LogP contribution in [0.15, 0.2) is 83.6 Å². The highest BCUT2D eigenvalue weighted by Crippen LogP contribution is 2.22. The number of imidazole rings is 1. The molecule has 0 atom stereocenters. The monoisotopic (exact) mass is 449 g/mol. The Kier molecular flexibility index (Phi) is 5.91. The summed E-state index contributed by atoms with van der Waals surface area (Å²) < 4.78 is 8.57. The molecule has 2 aromatic carbocycles. The SMILES string of the molecule is O=C(CCCOc1ccccc1)Nc1ccc2nc(-c3ccc(Br)cc3)cn2c1. The van der Waals surface area contributed by atoms with Gasteiger partial charge in [-0.3, -0.25) is 4.79 Å². The molecule has 0 bridgehead atoms. The van der Waals surface area contributed by atoms with Gasteiger partial charge in [-0.05, 0) is 42.8 Å². The molecule has 0 aliphatic carbocycles. The van der Waals surface area contributed by atoms with Gasteiger partial charge in [-0.15, -0.1) is 0 Å². The molecular weight excluding hydrogens is 430 g/mol. The van der Waals surface area contributed by atoms with Crippen LogP contribution in [0.3, 0.4) is 0 Å². The van der Waals surface area contributed by atoms with Crippen molar-refractivity contribution in [2.24, 2.45) is 0 Å². The van der Waals surface area contributed by atoms with E-state index in [0.717, 1.165) is 32.8 Å². The van der Waals surface area contributed by atoms with E-state index < -0.39 is 0 Å². The number of carbonyl (C=O) groups excluding carboxylic acids is 1. The smallest absolute Gasteiger partial charge is 0.224 e. The molecule has 0 saturated carbocycles. The summed E-state index contributed by atoms with van der Waals surface area (Å²) in [6.07, 6.45) is 4.89. The number of halogens is 1. The lowest BCUT2D eigenvalue weighted by Gasteiger charge is -2.07. The third kappa shape index (κ3) is 5.03. The molecule has 0 radical (unpaired) electrons. The minimum absolute atomic E-state index is 0.0331. The van der Waals surface area contributed by atoms with Gasteiger partial charge in [-0.1, -0.05) is 46.3 Å². The van der Waals surface area contributed by atoms with Gasteiger partial charge in [0, 0.05) is 28.9 Å². The molecule has 0 aliphatic heterocycles. The lowest BCUT2D eigenvalue weighted by molar-refractivity contribution is -0.116. The van der Waals surface area contributed by atoms with Crippen molar-refractivity contribution in [2.75, 3.05) is 11.9 Å². The van der Waals surface area contributed by atoms with Gasteiger partial charge in [-0.2, -0.15) is 0 Å². The second-order valence-corrected chi connectivity index (χ2v) is 7.55. The van der Waals surface area contributed by atoms with Crippen LogP contribution in [0, 0.1) is 0 Å². The van der Waals surface area contributed by atoms with Gasteiger partial charge in [0.25, 0.3) is 0 Å². The molecule has 5 nitrogen and oxygen atoms in total. The molecule has 146 valence electrons. The molecule has 0 fully saturated rings. The Morgan fingerprint density at radius 3 is 2.59 bits per heavy atom. The van der Waals surface area contributed by atoms with Crippen LogP contribution in [0.5, 0.6) is 5.75 Å². The first-order chi connectivity index (χ1) is 14.2. The second kappa shape index (κ2) is 8.92. The van der Waals surface area contributed by atoms with Crippen molar-refractivity contribution in [1.82, 2.24) is 9.38 Å². The highest BCUT2D eigenvalue weighted by atomic mass is 79.9. The van der Waals surface area contributed by atoms with Gasteiger partial charge in [-0.25, -0.2) is 4.98 Å². The fourth-order valence-corrected chi connectivity index (χ4v) is 3.25. The molecular formula is C23H20BrN3O2. The number of amides is 1. The van der Waals surface area contributed by atoms with E-state index in [-0.39, 0.29) is 5.91 Å². The van der Waals surface area contributed by atoms with Crippen molar-refractivity contribution in [3.63, 3.8) is 0 Å². The second-order valence-electron chi connectivity index (χ2n) is 6.63. The van der Waals surface area contributed by atoms with Crippen LogP contribution in [-0.2, 0) is 4.79 Å². The minimum Gasteiger partial charge on any atom is -0.494 e. The summed E-state index contributed by atoms with van der Waals surface area (Å²) in [5.41, 5.74) is 3.50. The number of nitrogens with zero attached hydrogens (tertiary/aromatic N) is 2. The maximum atomic E-state index is 12.2. The lowest BCUT2D eigenvalue weighted by atomic mass is 10.2. The lowest BCUT2D eigenvalue weighted by Crippen LogP contribution is -2.13. The van der Waals surface area contributed by atoms with Crippen LogP contribution in [0.2, 0.25) is 0 Å². The first-order valence-electron chi connectivity index (χ1n) is 9.40. The molecule has 1 amide bonds. The number of pyridine rings is 1. The predicted molar refractivity (Wildman–Crippen MR) is 118 cm³/mol. The molecule has 6 heteroatoms. The number of aromatic nitrogens is 2. The summed E-state index contributed by atoms with van der Waals surface area (Å²) in [6.45, 7) is 0.508. The average Bonchev–Trinajstić information content (AvgIpc) is 3.16. The standard InChI is InChI=1S/C23H20BrN3O2/c24-18-10-8-17(9-11-18)21-16-27-15-19(12-13-22(27)26-21)25-23(28)7-4-14-29-20-5-2-1-3-6-20/h1-3,5-6,8-13,15-16H,4,7,14H2,(H,25,28). The maximum absolute atomic E-state index is 12.2. The zero-order valence-corrected chi connectivity index (χ0v) is 17.3. The Hall–Kier alpha value is -3.12. The molecule has 0 unspecified atom stereocenters. The number of ether oxygens (including phenoxy) is 1. The van der Waals surface area contributed by atoms with Crippen LogP contribution in [0.25, 0.3) is 16.9 Å². The Balaban J connectivity index is 1.34. The number of hydrogen-bond donors (Lipinski definition) is 1. The number of hydrogen-bond acceptors (Lipinski definition) is 3. The number of carbonyl (C=O) groups is 1. The Labute approximate surface area is 177 Å². The number of nitrogens with one attached hydrogen (secondary N) is 1. The van der Waals surface area contributed by atoms with Crippen molar-refractivity contribution in [2.45, 2.75) is 12.8 Å². The molecule has 0 spiro atoms. The van der Waals surface area contributed by atoms with E-state index in [4.69, 9.17) is 4.74 Å². The average molecular weight is 450 g/mol. The highest BCUT2D eigenvalue weighted by molar-refractivity contribution is 9.10. The van der Waals surface area contributed by atoms with Crippen LogP contribution < -0.4 is 10.1 Å². The fraction of sp³-hybridized carbons (Fsp3) is 0.130. The van der Waals surface area contributed by atoms with E-state index in [1.165, 1.54) is 0 Å². The Bertz CT molecular complexity index is 1110. The van der Waals surface area contributed by atoms with Gasteiger partial charge in [0.1, 0.15) is 11.4 Å². The van der Waals surface area contributed by atoms with Gasteiger partial charge < -0.3 is 14.5 Å². The number of para-hydroxylation sites is 1. The molecule has 0 saturated heterocycles. The minimum atomic E-state index is -0.0331.